The Morgan fingerprint density at radius 2 is 2.15 bits per heavy atom. The predicted octanol–water partition coefficient (Wildman–Crippen LogP) is 2.65. The molecule has 6 nitrogen and oxygen atoms in total. The number of imidazole rings is 1. The average Bonchev–Trinajstić information content (AvgIpc) is 3.31. The Morgan fingerprint density at radius 3 is 2.96 bits per heavy atom. The van der Waals surface area contributed by atoms with Gasteiger partial charge < -0.3 is 9.88 Å². The van der Waals surface area contributed by atoms with Crippen molar-refractivity contribution in [3.8, 4) is 11.3 Å². The normalized spacial score (nSPS) is 12.8. The van der Waals surface area contributed by atoms with Gasteiger partial charge in [0.15, 0.2) is 0 Å². The molecule has 3 aromatic rings. The van der Waals surface area contributed by atoms with Crippen molar-refractivity contribution in [3.63, 3.8) is 0 Å². The molecule has 0 spiro atoms. The van der Waals surface area contributed by atoms with Crippen molar-refractivity contribution in [3.05, 3.63) is 65.1 Å². The molecule has 0 radical (unpaired) electrons. The highest BCUT2D eigenvalue weighted by Crippen LogP contribution is 2.22. The van der Waals surface area contributed by atoms with E-state index in [1.807, 2.05) is 35.9 Å². The van der Waals surface area contributed by atoms with Crippen LogP contribution < -0.4 is 5.32 Å². The van der Waals surface area contributed by atoms with Gasteiger partial charge in [0.05, 0.1) is 18.2 Å². The molecule has 0 saturated heterocycles. The third kappa shape index (κ3) is 3.60. The first-order valence-electron chi connectivity index (χ1n) is 9.32. The Balaban J connectivity index is 1.40. The molecule has 1 amide bonds. The molecule has 1 aliphatic rings. The van der Waals surface area contributed by atoms with Crippen LogP contribution in [-0.4, -0.2) is 32.0 Å². The van der Waals surface area contributed by atoms with E-state index in [-0.39, 0.29) is 5.91 Å². The highest BCUT2D eigenvalue weighted by atomic mass is 16.1. The maximum absolute atomic E-state index is 12.5. The molecule has 0 unspecified atom stereocenters. The molecule has 2 heterocycles. The van der Waals surface area contributed by atoms with Gasteiger partial charge in [-0.05, 0) is 43.9 Å². The fraction of sp³-hybridized carbons (Fsp3) is 0.333. The van der Waals surface area contributed by atoms with Gasteiger partial charge in [-0.2, -0.15) is 0 Å². The number of rotatable bonds is 5. The van der Waals surface area contributed by atoms with Gasteiger partial charge >= 0.3 is 0 Å². The maximum Gasteiger partial charge on any atom is 0.251 e. The number of aryl methyl sites for hydroxylation is 3. The van der Waals surface area contributed by atoms with Crippen molar-refractivity contribution in [2.45, 2.75) is 32.6 Å². The fourth-order valence-electron chi connectivity index (χ4n) is 3.64. The topological polar surface area (TPSA) is 72.7 Å². The number of carbonyl (C=O) groups excluding carboxylic acids is 1. The van der Waals surface area contributed by atoms with Crippen molar-refractivity contribution in [2.24, 2.45) is 7.05 Å². The van der Waals surface area contributed by atoms with Crippen LogP contribution in [0, 0.1) is 6.92 Å². The molecular weight excluding hydrogens is 338 g/mol. The van der Waals surface area contributed by atoms with Gasteiger partial charge in [-0.3, -0.25) is 4.79 Å². The first-order valence-corrected chi connectivity index (χ1v) is 9.32. The lowest BCUT2D eigenvalue weighted by Gasteiger charge is -2.09. The van der Waals surface area contributed by atoms with Crippen LogP contribution in [0.3, 0.4) is 0 Å². The van der Waals surface area contributed by atoms with Gasteiger partial charge in [-0.25, -0.2) is 15.0 Å². The van der Waals surface area contributed by atoms with Gasteiger partial charge in [0.1, 0.15) is 5.82 Å². The monoisotopic (exact) mass is 361 g/mol. The molecule has 4 rings (SSSR count). The number of benzene rings is 1. The van der Waals surface area contributed by atoms with Crippen LogP contribution in [0.4, 0.5) is 0 Å². The van der Waals surface area contributed by atoms with Crippen molar-refractivity contribution in [1.82, 2.24) is 24.8 Å². The largest absolute Gasteiger partial charge is 0.352 e. The summed E-state index contributed by atoms with van der Waals surface area (Å²) in [5, 5.41) is 2.98. The number of fused-ring (bicyclic) bond motifs is 1. The highest BCUT2D eigenvalue weighted by molar-refractivity contribution is 5.95. The number of nitrogens with one attached hydrogen (secondary N) is 1. The highest BCUT2D eigenvalue weighted by Gasteiger charge is 2.17. The molecule has 138 valence electrons. The molecule has 0 aliphatic heterocycles. The Kier molecular flexibility index (Phi) is 4.71. The maximum atomic E-state index is 12.5. The number of carbonyl (C=O) groups is 1. The van der Waals surface area contributed by atoms with E-state index in [9.17, 15) is 4.79 Å². The number of amides is 1. The Bertz CT molecular complexity index is 992. The van der Waals surface area contributed by atoms with Crippen LogP contribution in [0.1, 0.15) is 39.6 Å². The van der Waals surface area contributed by atoms with Crippen LogP contribution in [0.15, 0.2) is 36.8 Å². The van der Waals surface area contributed by atoms with Crippen LogP contribution in [0.2, 0.25) is 0 Å². The van der Waals surface area contributed by atoms with Crippen molar-refractivity contribution in [2.75, 3.05) is 6.54 Å². The third-order valence-corrected chi connectivity index (χ3v) is 5.06. The second kappa shape index (κ2) is 7.31. The van der Waals surface area contributed by atoms with Crippen LogP contribution in [0.5, 0.6) is 0 Å². The zero-order valence-corrected chi connectivity index (χ0v) is 15.7. The summed E-state index contributed by atoms with van der Waals surface area (Å²) in [7, 11) is 1.94. The van der Waals surface area contributed by atoms with Crippen molar-refractivity contribution in [1.29, 1.82) is 0 Å². The minimum absolute atomic E-state index is 0.0862. The molecular formula is C21H23N5O. The zero-order chi connectivity index (χ0) is 18.8. The summed E-state index contributed by atoms with van der Waals surface area (Å²) in [5.74, 6) is 0.731. The smallest absolute Gasteiger partial charge is 0.251 e. The summed E-state index contributed by atoms with van der Waals surface area (Å²) in [4.78, 5) is 25.9. The molecule has 1 aliphatic carbocycles. The van der Waals surface area contributed by atoms with Gasteiger partial charge in [0, 0.05) is 42.5 Å². The number of nitrogens with zero attached hydrogens (tertiary/aromatic N) is 4. The van der Waals surface area contributed by atoms with Gasteiger partial charge in [0.25, 0.3) is 5.91 Å². The van der Waals surface area contributed by atoms with Gasteiger partial charge in [-0.1, -0.05) is 12.1 Å². The molecule has 0 fully saturated rings. The molecule has 2 aromatic heterocycles. The standard InChI is InChI=1S/C21H23N5O/c1-14-17-7-4-8-18(17)25-20(24-14)9-10-23-21(27)16-6-3-5-15(11-16)19-12-22-13-26(19)2/h3,5-6,11-13H,4,7-10H2,1-2H3,(H,23,27). The first-order chi connectivity index (χ1) is 13.1. The van der Waals surface area contributed by atoms with E-state index < -0.39 is 0 Å². The van der Waals surface area contributed by atoms with Crippen molar-refractivity contribution >= 4 is 5.91 Å². The predicted molar refractivity (Wildman–Crippen MR) is 103 cm³/mol. The molecule has 6 heteroatoms. The quantitative estimate of drug-likeness (QED) is 0.758. The lowest BCUT2D eigenvalue weighted by Crippen LogP contribution is -2.26. The van der Waals surface area contributed by atoms with E-state index >= 15 is 0 Å². The SMILES string of the molecule is Cc1nc(CCNC(=O)c2cccc(-c3cncn3C)c2)nc2c1CCC2. The van der Waals surface area contributed by atoms with E-state index in [2.05, 4.69) is 27.2 Å². The van der Waals surface area contributed by atoms with Gasteiger partial charge in [0.2, 0.25) is 0 Å². The van der Waals surface area contributed by atoms with E-state index in [0.717, 1.165) is 42.0 Å². The minimum atomic E-state index is -0.0862. The average molecular weight is 361 g/mol. The van der Waals surface area contributed by atoms with E-state index in [4.69, 9.17) is 0 Å². The summed E-state index contributed by atoms with van der Waals surface area (Å²) in [5.41, 5.74) is 6.18. The summed E-state index contributed by atoms with van der Waals surface area (Å²) >= 11 is 0. The summed E-state index contributed by atoms with van der Waals surface area (Å²) in [6, 6.07) is 7.59. The lowest BCUT2D eigenvalue weighted by atomic mass is 10.1. The first kappa shape index (κ1) is 17.4. The van der Waals surface area contributed by atoms with E-state index in [0.29, 0.717) is 18.5 Å². The third-order valence-electron chi connectivity index (χ3n) is 5.06. The Hall–Kier alpha value is -3.02. The minimum Gasteiger partial charge on any atom is -0.352 e. The number of aromatic nitrogens is 4. The van der Waals surface area contributed by atoms with Crippen LogP contribution >= 0.6 is 0 Å². The van der Waals surface area contributed by atoms with Crippen molar-refractivity contribution < 1.29 is 4.79 Å². The molecule has 0 bridgehead atoms. The second-order valence-electron chi connectivity index (χ2n) is 6.98. The Labute approximate surface area is 158 Å². The van der Waals surface area contributed by atoms with Crippen LogP contribution in [-0.2, 0) is 26.3 Å². The summed E-state index contributed by atoms with van der Waals surface area (Å²) < 4.78 is 1.94. The van der Waals surface area contributed by atoms with E-state index in [1.54, 1.807) is 12.5 Å². The number of hydrogen-bond acceptors (Lipinski definition) is 4. The molecule has 1 N–H and O–H groups in total. The summed E-state index contributed by atoms with van der Waals surface area (Å²) in [6.45, 7) is 2.57. The molecule has 0 atom stereocenters. The van der Waals surface area contributed by atoms with Gasteiger partial charge in [-0.15, -0.1) is 0 Å². The van der Waals surface area contributed by atoms with Crippen LogP contribution in [0.25, 0.3) is 11.3 Å². The zero-order valence-electron chi connectivity index (χ0n) is 15.7. The number of hydrogen-bond donors (Lipinski definition) is 1. The Morgan fingerprint density at radius 1 is 1.26 bits per heavy atom. The second-order valence-corrected chi connectivity index (χ2v) is 6.98. The molecule has 1 aromatic carbocycles. The molecule has 0 saturated carbocycles. The molecule has 27 heavy (non-hydrogen) atoms. The lowest BCUT2D eigenvalue weighted by molar-refractivity contribution is 0.0954. The van der Waals surface area contributed by atoms with E-state index in [1.165, 1.54) is 11.3 Å². The summed E-state index contributed by atoms with van der Waals surface area (Å²) in [6.07, 6.45) is 7.48. The fourth-order valence-corrected chi connectivity index (χ4v) is 3.64.